The lowest BCUT2D eigenvalue weighted by Gasteiger charge is -2.11. The van der Waals surface area contributed by atoms with Crippen LogP contribution in [0.4, 0.5) is 0 Å². The summed E-state index contributed by atoms with van der Waals surface area (Å²) < 4.78 is 0. The maximum atomic E-state index is 12.1. The van der Waals surface area contributed by atoms with Gasteiger partial charge in [-0.1, -0.05) is 41.4 Å². The van der Waals surface area contributed by atoms with Crippen LogP contribution in [0.5, 0.6) is 0 Å². The van der Waals surface area contributed by atoms with Crippen LogP contribution in [-0.2, 0) is 0 Å². The van der Waals surface area contributed by atoms with Gasteiger partial charge in [0.15, 0.2) is 0 Å². The number of carbonyl (C=O) groups excluding carboxylic acids is 1. The zero-order valence-electron chi connectivity index (χ0n) is 12.2. The number of rotatable bonds is 2. The normalized spacial score (nSPS) is 10.8. The van der Waals surface area contributed by atoms with E-state index in [4.69, 9.17) is 29.0 Å². The third kappa shape index (κ3) is 2.88. The highest BCUT2D eigenvalue weighted by Gasteiger charge is 2.15. The molecule has 116 valence electrons. The van der Waals surface area contributed by atoms with E-state index < -0.39 is 0 Å². The number of benzene rings is 2. The Morgan fingerprint density at radius 2 is 1.83 bits per heavy atom. The minimum atomic E-state index is -0.380. The molecule has 3 aromatic rings. The standard InChI is InChI=1S/C17H13Cl2N3O/c1-9-14(19)7-6-12-13(17(23)22-20)8-15(21-16(9)12)10-2-4-11(18)5-3-10/h2-8H,20H2,1H3,(H,22,23). The Kier molecular flexibility index (Phi) is 4.22. The molecule has 2 aromatic carbocycles. The van der Waals surface area contributed by atoms with Crippen LogP contribution in [0.3, 0.4) is 0 Å². The lowest BCUT2D eigenvalue weighted by atomic mass is 10.0. The molecule has 0 fully saturated rings. The summed E-state index contributed by atoms with van der Waals surface area (Å²) in [6, 6.07) is 12.5. The maximum absolute atomic E-state index is 12.1. The number of halogens is 2. The molecule has 1 amide bonds. The first-order valence-electron chi connectivity index (χ1n) is 6.88. The van der Waals surface area contributed by atoms with Crippen molar-refractivity contribution in [2.45, 2.75) is 6.92 Å². The van der Waals surface area contributed by atoms with Crippen molar-refractivity contribution < 1.29 is 4.79 Å². The van der Waals surface area contributed by atoms with E-state index in [0.29, 0.717) is 32.2 Å². The van der Waals surface area contributed by atoms with E-state index in [-0.39, 0.29) is 5.91 Å². The number of aryl methyl sites for hydroxylation is 1. The number of pyridine rings is 1. The molecule has 3 rings (SSSR count). The van der Waals surface area contributed by atoms with Gasteiger partial charge in [-0.05, 0) is 36.8 Å². The number of aromatic nitrogens is 1. The Bertz CT molecular complexity index is 908. The van der Waals surface area contributed by atoms with Crippen molar-refractivity contribution in [2.24, 2.45) is 5.84 Å². The van der Waals surface area contributed by atoms with Crippen molar-refractivity contribution in [3.05, 3.63) is 63.6 Å². The van der Waals surface area contributed by atoms with E-state index in [2.05, 4.69) is 10.4 Å². The Balaban J connectivity index is 2.33. The van der Waals surface area contributed by atoms with Crippen molar-refractivity contribution in [1.82, 2.24) is 10.4 Å². The van der Waals surface area contributed by atoms with Gasteiger partial charge in [0.25, 0.3) is 5.91 Å². The van der Waals surface area contributed by atoms with Crippen LogP contribution in [0.25, 0.3) is 22.2 Å². The monoisotopic (exact) mass is 345 g/mol. The van der Waals surface area contributed by atoms with E-state index >= 15 is 0 Å². The fourth-order valence-corrected chi connectivity index (χ4v) is 2.72. The summed E-state index contributed by atoms with van der Waals surface area (Å²) in [4.78, 5) is 16.8. The van der Waals surface area contributed by atoms with Crippen molar-refractivity contribution in [3.8, 4) is 11.3 Å². The second kappa shape index (κ2) is 6.16. The van der Waals surface area contributed by atoms with Crippen molar-refractivity contribution in [2.75, 3.05) is 0 Å². The summed E-state index contributed by atoms with van der Waals surface area (Å²) in [5.41, 5.74) is 5.60. The number of amides is 1. The molecule has 6 heteroatoms. The van der Waals surface area contributed by atoms with Crippen LogP contribution in [0.2, 0.25) is 10.0 Å². The van der Waals surface area contributed by atoms with E-state index in [1.807, 2.05) is 19.1 Å². The van der Waals surface area contributed by atoms with Gasteiger partial charge in [-0.15, -0.1) is 0 Å². The summed E-state index contributed by atoms with van der Waals surface area (Å²) in [6.45, 7) is 1.87. The Morgan fingerprint density at radius 3 is 2.48 bits per heavy atom. The average Bonchev–Trinajstić information content (AvgIpc) is 2.57. The van der Waals surface area contributed by atoms with Gasteiger partial charge in [-0.25, -0.2) is 10.8 Å². The number of fused-ring (bicyclic) bond motifs is 1. The summed E-state index contributed by atoms with van der Waals surface area (Å²) in [5.74, 6) is 4.93. The molecule has 4 nitrogen and oxygen atoms in total. The third-order valence-electron chi connectivity index (χ3n) is 3.68. The Labute approximate surface area is 143 Å². The van der Waals surface area contributed by atoms with Crippen molar-refractivity contribution in [1.29, 1.82) is 0 Å². The van der Waals surface area contributed by atoms with Crippen molar-refractivity contribution in [3.63, 3.8) is 0 Å². The molecular weight excluding hydrogens is 333 g/mol. The summed E-state index contributed by atoms with van der Waals surface area (Å²) in [5, 5.41) is 1.93. The first-order valence-corrected chi connectivity index (χ1v) is 7.63. The molecule has 0 bridgehead atoms. The zero-order valence-corrected chi connectivity index (χ0v) is 13.7. The van der Waals surface area contributed by atoms with Crippen LogP contribution in [0.1, 0.15) is 15.9 Å². The molecule has 1 heterocycles. The number of hydrazine groups is 1. The van der Waals surface area contributed by atoms with Crippen LogP contribution in [0, 0.1) is 6.92 Å². The molecule has 0 saturated carbocycles. The van der Waals surface area contributed by atoms with Crippen LogP contribution in [-0.4, -0.2) is 10.9 Å². The van der Waals surface area contributed by atoms with Crippen molar-refractivity contribution >= 4 is 40.0 Å². The van der Waals surface area contributed by atoms with Gasteiger partial charge in [0.2, 0.25) is 0 Å². The second-order valence-electron chi connectivity index (χ2n) is 5.10. The van der Waals surface area contributed by atoms with E-state index in [9.17, 15) is 4.79 Å². The quantitative estimate of drug-likeness (QED) is 0.417. The molecule has 23 heavy (non-hydrogen) atoms. The molecule has 0 aliphatic heterocycles. The molecule has 3 N–H and O–H groups in total. The molecule has 0 aliphatic carbocycles. The van der Waals surface area contributed by atoms with Gasteiger partial charge in [0, 0.05) is 21.0 Å². The molecule has 0 atom stereocenters. The number of nitrogen functional groups attached to an aromatic ring is 1. The topological polar surface area (TPSA) is 68.0 Å². The number of nitrogens with zero attached hydrogens (tertiary/aromatic N) is 1. The molecule has 0 radical (unpaired) electrons. The van der Waals surface area contributed by atoms with Gasteiger partial charge in [0.1, 0.15) is 0 Å². The number of carbonyl (C=O) groups is 1. The fraction of sp³-hybridized carbons (Fsp3) is 0.0588. The molecular formula is C17H13Cl2N3O. The minimum Gasteiger partial charge on any atom is -0.290 e. The van der Waals surface area contributed by atoms with Gasteiger partial charge in [-0.2, -0.15) is 0 Å². The summed E-state index contributed by atoms with van der Waals surface area (Å²) in [6.07, 6.45) is 0. The predicted molar refractivity (Wildman–Crippen MR) is 93.6 cm³/mol. The predicted octanol–water partition coefficient (Wildman–Crippen LogP) is 4.12. The van der Waals surface area contributed by atoms with Crippen LogP contribution < -0.4 is 11.3 Å². The van der Waals surface area contributed by atoms with Gasteiger partial charge in [-0.3, -0.25) is 10.2 Å². The second-order valence-corrected chi connectivity index (χ2v) is 5.95. The first-order chi connectivity index (χ1) is 11.0. The lowest BCUT2D eigenvalue weighted by molar-refractivity contribution is 0.0955. The SMILES string of the molecule is Cc1c(Cl)ccc2c(C(=O)NN)cc(-c3ccc(Cl)cc3)nc12. The van der Waals surface area contributed by atoms with Crippen LogP contribution >= 0.6 is 23.2 Å². The van der Waals surface area contributed by atoms with Gasteiger partial charge < -0.3 is 0 Å². The molecule has 0 aliphatic rings. The average molecular weight is 346 g/mol. The van der Waals surface area contributed by atoms with Crippen LogP contribution in [0.15, 0.2) is 42.5 Å². The number of hydrogen-bond acceptors (Lipinski definition) is 3. The minimum absolute atomic E-state index is 0.380. The fourth-order valence-electron chi connectivity index (χ4n) is 2.44. The van der Waals surface area contributed by atoms with E-state index in [0.717, 1.165) is 11.1 Å². The Morgan fingerprint density at radius 1 is 1.13 bits per heavy atom. The zero-order chi connectivity index (χ0) is 16.6. The van der Waals surface area contributed by atoms with E-state index in [1.54, 1.807) is 30.3 Å². The van der Waals surface area contributed by atoms with E-state index in [1.165, 1.54) is 0 Å². The number of nitrogens with two attached hydrogens (primary N) is 1. The highest BCUT2D eigenvalue weighted by molar-refractivity contribution is 6.32. The van der Waals surface area contributed by atoms with Gasteiger partial charge in [0.05, 0.1) is 16.8 Å². The summed E-state index contributed by atoms with van der Waals surface area (Å²) >= 11 is 12.1. The number of nitrogens with one attached hydrogen (secondary N) is 1. The Hall–Kier alpha value is -2.14. The molecule has 1 aromatic heterocycles. The lowest BCUT2D eigenvalue weighted by Crippen LogP contribution is -2.30. The number of hydrogen-bond donors (Lipinski definition) is 2. The maximum Gasteiger partial charge on any atom is 0.265 e. The highest BCUT2D eigenvalue weighted by atomic mass is 35.5. The molecule has 0 spiro atoms. The van der Waals surface area contributed by atoms with Gasteiger partial charge >= 0.3 is 0 Å². The molecule has 0 unspecified atom stereocenters. The third-order valence-corrected chi connectivity index (χ3v) is 4.35. The smallest absolute Gasteiger partial charge is 0.265 e. The molecule has 0 saturated heterocycles. The largest absolute Gasteiger partial charge is 0.290 e. The first kappa shape index (κ1) is 15.7. The summed E-state index contributed by atoms with van der Waals surface area (Å²) in [7, 11) is 0. The highest BCUT2D eigenvalue weighted by Crippen LogP contribution is 2.30.